The van der Waals surface area contributed by atoms with Crippen LogP contribution in [0.15, 0.2) is 48.5 Å². The van der Waals surface area contributed by atoms with Crippen LogP contribution in [-0.4, -0.2) is 31.1 Å². The molecule has 2 amide bonds. The van der Waals surface area contributed by atoms with Gasteiger partial charge in [-0.3, -0.25) is 9.59 Å². The van der Waals surface area contributed by atoms with E-state index in [-0.39, 0.29) is 17.9 Å². The third-order valence-corrected chi connectivity index (χ3v) is 4.94. The Kier molecular flexibility index (Phi) is 5.51. The van der Waals surface area contributed by atoms with E-state index < -0.39 is 0 Å². The monoisotopic (exact) mass is 392 g/mol. The van der Waals surface area contributed by atoms with Crippen molar-refractivity contribution in [2.24, 2.45) is 0 Å². The lowest BCUT2D eigenvalue weighted by molar-refractivity contribution is -0.117. The van der Waals surface area contributed by atoms with E-state index in [2.05, 4.69) is 10.6 Å². The van der Waals surface area contributed by atoms with Crippen LogP contribution >= 0.6 is 0 Å². The highest BCUT2D eigenvalue weighted by molar-refractivity contribution is 5.95. The summed E-state index contributed by atoms with van der Waals surface area (Å²) in [4.78, 5) is 24.3. The molecule has 0 bridgehead atoms. The molecule has 1 fully saturated rings. The predicted molar refractivity (Wildman–Crippen MR) is 110 cm³/mol. The summed E-state index contributed by atoms with van der Waals surface area (Å²) >= 11 is 0. The molecule has 2 aromatic rings. The Balaban J connectivity index is 1.32. The molecule has 1 aliphatic carbocycles. The molecule has 1 atom stereocenters. The van der Waals surface area contributed by atoms with Crippen molar-refractivity contribution in [2.75, 3.05) is 13.2 Å². The summed E-state index contributed by atoms with van der Waals surface area (Å²) in [6, 6.07) is 13.1. The van der Waals surface area contributed by atoms with Gasteiger partial charge in [0.1, 0.15) is 13.2 Å². The third kappa shape index (κ3) is 4.96. The Hall–Kier alpha value is -3.28. The lowest BCUT2D eigenvalue weighted by atomic mass is 10.1. The Labute approximate surface area is 169 Å². The smallest absolute Gasteiger partial charge is 0.251 e. The molecule has 1 heterocycles. The van der Waals surface area contributed by atoms with Crippen molar-refractivity contribution in [3.05, 3.63) is 65.2 Å². The molecule has 6 nitrogen and oxygen atoms in total. The molecule has 0 spiro atoms. The van der Waals surface area contributed by atoms with Crippen LogP contribution < -0.4 is 20.1 Å². The summed E-state index contributed by atoms with van der Waals surface area (Å²) in [5, 5.41) is 5.90. The highest BCUT2D eigenvalue weighted by atomic mass is 16.6. The van der Waals surface area contributed by atoms with Gasteiger partial charge in [-0.2, -0.15) is 0 Å². The van der Waals surface area contributed by atoms with Gasteiger partial charge in [-0.15, -0.1) is 0 Å². The molecule has 2 aliphatic rings. The maximum Gasteiger partial charge on any atom is 0.251 e. The van der Waals surface area contributed by atoms with Crippen molar-refractivity contribution in [3.8, 4) is 11.5 Å². The maximum atomic E-state index is 12.3. The second-order valence-corrected chi connectivity index (χ2v) is 7.34. The Morgan fingerprint density at radius 2 is 1.76 bits per heavy atom. The first-order valence-electron chi connectivity index (χ1n) is 9.87. The second kappa shape index (κ2) is 8.39. The Bertz CT molecular complexity index is 932. The highest BCUT2D eigenvalue weighted by Gasteiger charge is 2.23. The van der Waals surface area contributed by atoms with Crippen LogP contribution in [0.25, 0.3) is 6.08 Å². The lowest BCUT2D eigenvalue weighted by Gasteiger charge is -2.20. The summed E-state index contributed by atoms with van der Waals surface area (Å²) in [5.74, 6) is 1.20. The van der Waals surface area contributed by atoms with Crippen LogP contribution in [0.5, 0.6) is 11.5 Å². The van der Waals surface area contributed by atoms with Crippen molar-refractivity contribution in [1.82, 2.24) is 10.6 Å². The number of nitrogens with one attached hydrogen (secondary N) is 2. The van der Waals surface area contributed by atoms with Gasteiger partial charge in [0.25, 0.3) is 5.91 Å². The van der Waals surface area contributed by atoms with Crippen molar-refractivity contribution in [3.63, 3.8) is 0 Å². The minimum absolute atomic E-state index is 0.0472. The van der Waals surface area contributed by atoms with Crippen LogP contribution in [0.1, 0.15) is 47.3 Å². The fourth-order valence-electron chi connectivity index (χ4n) is 3.09. The molecule has 1 aliphatic heterocycles. The average Bonchev–Trinajstić information content (AvgIpc) is 3.56. The molecule has 2 aromatic carbocycles. The predicted octanol–water partition coefficient (Wildman–Crippen LogP) is 3.24. The second-order valence-electron chi connectivity index (χ2n) is 7.34. The van der Waals surface area contributed by atoms with Gasteiger partial charge in [0.05, 0.1) is 6.04 Å². The van der Waals surface area contributed by atoms with E-state index in [1.54, 1.807) is 18.2 Å². The van der Waals surface area contributed by atoms with E-state index in [4.69, 9.17) is 9.47 Å². The van der Waals surface area contributed by atoms with E-state index in [1.165, 1.54) is 6.08 Å². The van der Waals surface area contributed by atoms with Crippen LogP contribution in [0, 0.1) is 0 Å². The van der Waals surface area contributed by atoms with Crippen LogP contribution in [0.2, 0.25) is 0 Å². The lowest BCUT2D eigenvalue weighted by Crippen LogP contribution is -2.25. The highest BCUT2D eigenvalue weighted by Crippen LogP contribution is 2.32. The quantitative estimate of drug-likeness (QED) is 0.740. The summed E-state index contributed by atoms with van der Waals surface area (Å²) < 4.78 is 11.1. The number of fused-ring (bicyclic) bond motifs is 1. The third-order valence-electron chi connectivity index (χ3n) is 4.94. The molecule has 6 heteroatoms. The van der Waals surface area contributed by atoms with E-state index >= 15 is 0 Å². The van der Waals surface area contributed by atoms with Gasteiger partial charge in [0.2, 0.25) is 5.91 Å². The molecule has 29 heavy (non-hydrogen) atoms. The summed E-state index contributed by atoms with van der Waals surface area (Å²) in [5.41, 5.74) is 2.43. The van der Waals surface area contributed by atoms with Crippen LogP contribution in [0.3, 0.4) is 0 Å². The Morgan fingerprint density at radius 1 is 1.03 bits per heavy atom. The number of hydrogen-bond acceptors (Lipinski definition) is 4. The fourth-order valence-corrected chi connectivity index (χ4v) is 3.09. The number of carbonyl (C=O) groups is 2. The van der Waals surface area contributed by atoms with Crippen molar-refractivity contribution in [1.29, 1.82) is 0 Å². The molecule has 0 saturated heterocycles. The van der Waals surface area contributed by atoms with E-state index in [1.807, 2.05) is 37.3 Å². The molecule has 0 radical (unpaired) electrons. The van der Waals surface area contributed by atoms with Gasteiger partial charge in [-0.05, 0) is 61.2 Å². The summed E-state index contributed by atoms with van der Waals surface area (Å²) in [7, 11) is 0. The van der Waals surface area contributed by atoms with E-state index in [0.717, 1.165) is 29.7 Å². The van der Waals surface area contributed by atoms with E-state index in [9.17, 15) is 9.59 Å². The minimum Gasteiger partial charge on any atom is -0.486 e. The van der Waals surface area contributed by atoms with Gasteiger partial charge in [-0.25, -0.2) is 0 Å². The number of amides is 2. The molecule has 2 N–H and O–H groups in total. The zero-order valence-electron chi connectivity index (χ0n) is 16.3. The molecule has 4 rings (SSSR count). The molecule has 1 unspecified atom stereocenters. The zero-order valence-corrected chi connectivity index (χ0v) is 16.3. The van der Waals surface area contributed by atoms with Crippen LogP contribution in [0.4, 0.5) is 0 Å². The Morgan fingerprint density at radius 3 is 2.48 bits per heavy atom. The maximum absolute atomic E-state index is 12.3. The summed E-state index contributed by atoms with van der Waals surface area (Å²) in [6.45, 7) is 3.00. The first kappa shape index (κ1) is 19.1. The first-order chi connectivity index (χ1) is 14.1. The summed E-state index contributed by atoms with van der Waals surface area (Å²) in [6.07, 6.45) is 5.35. The number of ether oxygens (including phenoxy) is 2. The van der Waals surface area contributed by atoms with Gasteiger partial charge >= 0.3 is 0 Å². The molecule has 0 aromatic heterocycles. The minimum atomic E-state index is -0.192. The van der Waals surface area contributed by atoms with E-state index in [0.29, 0.717) is 30.6 Å². The fraction of sp³-hybridized carbons (Fsp3) is 0.304. The zero-order chi connectivity index (χ0) is 20.2. The number of benzene rings is 2. The molecule has 1 saturated carbocycles. The van der Waals surface area contributed by atoms with Gasteiger partial charge in [-0.1, -0.05) is 18.2 Å². The van der Waals surface area contributed by atoms with Gasteiger partial charge in [0, 0.05) is 17.7 Å². The SMILES string of the molecule is CC(NC(=O)/C=C/c1ccc(C(=O)NC2CC2)cc1)c1ccc2c(c1)OCCO2. The molecular weight excluding hydrogens is 368 g/mol. The number of carbonyl (C=O) groups excluding carboxylic acids is 2. The van der Waals surface area contributed by atoms with Crippen LogP contribution in [-0.2, 0) is 4.79 Å². The topological polar surface area (TPSA) is 76.7 Å². The van der Waals surface area contributed by atoms with Crippen molar-refractivity contribution >= 4 is 17.9 Å². The van der Waals surface area contributed by atoms with Gasteiger partial charge < -0.3 is 20.1 Å². The molecule has 150 valence electrons. The number of hydrogen-bond donors (Lipinski definition) is 2. The largest absolute Gasteiger partial charge is 0.486 e. The van der Waals surface area contributed by atoms with Crippen molar-refractivity contribution in [2.45, 2.75) is 31.8 Å². The number of rotatable bonds is 6. The van der Waals surface area contributed by atoms with Gasteiger partial charge in [0.15, 0.2) is 11.5 Å². The first-order valence-corrected chi connectivity index (χ1v) is 9.87. The van der Waals surface area contributed by atoms with Crippen molar-refractivity contribution < 1.29 is 19.1 Å². The average molecular weight is 392 g/mol. The standard InChI is InChI=1S/C23H24N2O4/c1-15(18-7-10-20-21(14-18)29-13-12-28-20)24-22(26)11-4-16-2-5-17(6-3-16)23(27)25-19-8-9-19/h2-7,10-11,14-15,19H,8-9,12-13H2,1H3,(H,24,26)(H,25,27)/b11-4+. The molecular formula is C23H24N2O4. The normalized spacial score (nSPS) is 16.3.